The van der Waals surface area contributed by atoms with Crippen LogP contribution in [0.5, 0.6) is 5.88 Å². The van der Waals surface area contributed by atoms with Gasteiger partial charge in [0.25, 0.3) is 0 Å². The molecule has 9 heteroatoms. The Balaban J connectivity index is 1.85. The Labute approximate surface area is 160 Å². The van der Waals surface area contributed by atoms with E-state index in [0.717, 1.165) is 29.4 Å². The lowest BCUT2D eigenvalue weighted by Gasteiger charge is -2.16. The lowest BCUT2D eigenvalue weighted by Crippen LogP contribution is -2.16. The van der Waals surface area contributed by atoms with Gasteiger partial charge >= 0.3 is 7.60 Å². The second-order valence-corrected chi connectivity index (χ2v) is 8.30. The van der Waals surface area contributed by atoms with Crippen LogP contribution in [0, 0.1) is 0 Å². The molecule has 0 aliphatic heterocycles. The van der Waals surface area contributed by atoms with Crippen LogP contribution in [0.2, 0.25) is 0 Å². The number of aromatic nitrogens is 3. The molecule has 0 saturated heterocycles. The predicted octanol–water partition coefficient (Wildman–Crippen LogP) is 3.88. The summed E-state index contributed by atoms with van der Waals surface area (Å²) in [4.78, 5) is 11.8. The van der Waals surface area contributed by atoms with Gasteiger partial charge in [0.2, 0.25) is 5.88 Å². The quantitative estimate of drug-likeness (QED) is 0.368. The maximum Gasteiger partial charge on any atom is 0.330 e. The zero-order valence-electron chi connectivity index (χ0n) is 16.5. The maximum atomic E-state index is 12.4. The van der Waals surface area contributed by atoms with E-state index >= 15 is 0 Å². The van der Waals surface area contributed by atoms with Crippen molar-refractivity contribution in [2.75, 3.05) is 32.5 Å². The van der Waals surface area contributed by atoms with Crippen molar-refractivity contribution in [1.82, 2.24) is 20.3 Å². The number of nitrogens with one attached hydrogen (secondary N) is 2. The van der Waals surface area contributed by atoms with Gasteiger partial charge in [-0.1, -0.05) is 13.3 Å². The van der Waals surface area contributed by atoms with Gasteiger partial charge < -0.3 is 24.1 Å². The maximum absolute atomic E-state index is 12.4. The molecule has 0 aromatic carbocycles. The van der Waals surface area contributed by atoms with Crippen LogP contribution in [0.3, 0.4) is 0 Å². The predicted molar refractivity (Wildman–Crippen MR) is 106 cm³/mol. The van der Waals surface area contributed by atoms with E-state index < -0.39 is 7.60 Å². The number of fused-ring (bicyclic) bond motifs is 1. The summed E-state index contributed by atoms with van der Waals surface area (Å²) in [6, 6.07) is 0. The Morgan fingerprint density at radius 1 is 1.15 bits per heavy atom. The summed E-state index contributed by atoms with van der Waals surface area (Å²) in [7, 11) is -2.96. The fraction of sp³-hybridized carbons (Fsp3) is 0.667. The van der Waals surface area contributed by atoms with Crippen molar-refractivity contribution in [2.24, 2.45) is 0 Å². The van der Waals surface area contributed by atoms with Gasteiger partial charge in [0.15, 0.2) is 0 Å². The molecule has 0 saturated carbocycles. The fourth-order valence-corrected chi connectivity index (χ4v) is 4.37. The molecule has 0 fully saturated rings. The van der Waals surface area contributed by atoms with Crippen LogP contribution >= 0.6 is 7.60 Å². The Morgan fingerprint density at radius 3 is 2.63 bits per heavy atom. The largest absolute Gasteiger partial charge is 0.476 e. The molecule has 2 rings (SSSR count). The van der Waals surface area contributed by atoms with E-state index in [2.05, 4.69) is 27.2 Å². The molecule has 0 amide bonds. The molecule has 0 radical (unpaired) electrons. The van der Waals surface area contributed by atoms with Crippen molar-refractivity contribution in [3.63, 3.8) is 0 Å². The summed E-state index contributed by atoms with van der Waals surface area (Å²) in [5.41, 5.74) is 2.73. The molecule has 0 spiro atoms. The van der Waals surface area contributed by atoms with Crippen molar-refractivity contribution in [3.8, 4) is 5.88 Å². The molecule has 8 nitrogen and oxygen atoms in total. The zero-order chi connectivity index (χ0) is 19.5. The van der Waals surface area contributed by atoms with Gasteiger partial charge in [-0.15, -0.1) is 0 Å². The monoisotopic (exact) mass is 398 g/mol. The molecule has 0 atom stereocenters. The van der Waals surface area contributed by atoms with Crippen LogP contribution in [-0.4, -0.2) is 47.5 Å². The summed E-state index contributed by atoms with van der Waals surface area (Å²) >= 11 is 0. The molecule has 0 unspecified atom stereocenters. The van der Waals surface area contributed by atoms with Gasteiger partial charge in [0.1, 0.15) is 11.8 Å². The van der Waals surface area contributed by atoms with Crippen LogP contribution in [0.4, 0.5) is 0 Å². The van der Waals surface area contributed by atoms with Crippen molar-refractivity contribution in [1.29, 1.82) is 0 Å². The number of H-pyrrole nitrogens is 1. The molecular formula is C18H31N4O4P. The zero-order valence-corrected chi connectivity index (χ0v) is 17.4. The molecule has 2 N–H and O–H groups in total. The van der Waals surface area contributed by atoms with Crippen LogP contribution in [0.15, 0.2) is 12.5 Å². The van der Waals surface area contributed by atoms with Gasteiger partial charge in [-0.2, -0.15) is 4.98 Å². The van der Waals surface area contributed by atoms with E-state index in [0.29, 0.717) is 51.4 Å². The van der Waals surface area contributed by atoms with E-state index in [1.54, 1.807) is 0 Å². The standard InChI is InChI=1S/C18H31N4O4P/c1-4-7-10-24-18-17-16(21-14-22-18)15(13-20-17)12-19-9-8-11-27(23,25-5-2)26-6-3/h13-14,19-20H,4-12H2,1-3H3. The summed E-state index contributed by atoms with van der Waals surface area (Å²) in [5.74, 6) is 0.592. The number of ether oxygens (including phenoxy) is 1. The highest BCUT2D eigenvalue weighted by Crippen LogP contribution is 2.48. The SMILES string of the molecule is CCCCOc1ncnc2c(CNCCCP(=O)(OCC)OCC)c[nH]c12. The Hall–Kier alpha value is -1.47. The molecule has 2 heterocycles. The molecule has 152 valence electrons. The highest BCUT2D eigenvalue weighted by Gasteiger charge is 2.22. The number of nitrogens with zero attached hydrogens (tertiary/aromatic N) is 2. The highest BCUT2D eigenvalue weighted by atomic mass is 31.2. The van der Waals surface area contributed by atoms with E-state index in [1.807, 2.05) is 20.0 Å². The average Bonchev–Trinajstić information content (AvgIpc) is 3.06. The number of aromatic amines is 1. The lowest BCUT2D eigenvalue weighted by atomic mass is 10.3. The average molecular weight is 398 g/mol. The van der Waals surface area contributed by atoms with Gasteiger partial charge in [0.05, 0.1) is 31.5 Å². The second kappa shape index (κ2) is 11.4. The highest BCUT2D eigenvalue weighted by molar-refractivity contribution is 7.53. The summed E-state index contributed by atoms with van der Waals surface area (Å²) in [5, 5.41) is 3.36. The minimum Gasteiger partial charge on any atom is -0.476 e. The fourth-order valence-electron chi connectivity index (χ4n) is 2.71. The summed E-state index contributed by atoms with van der Waals surface area (Å²) < 4.78 is 28.8. The molecule has 0 aliphatic rings. The van der Waals surface area contributed by atoms with E-state index in [4.69, 9.17) is 13.8 Å². The molecule has 2 aromatic heterocycles. The molecule has 2 aromatic rings. The Kier molecular flexibility index (Phi) is 9.21. The van der Waals surface area contributed by atoms with E-state index in [1.165, 1.54) is 6.33 Å². The first kappa shape index (κ1) is 21.8. The van der Waals surface area contributed by atoms with Crippen LogP contribution < -0.4 is 10.1 Å². The Bertz CT molecular complexity index is 727. The van der Waals surface area contributed by atoms with Gasteiger partial charge in [0, 0.05) is 18.3 Å². The number of unbranched alkanes of at least 4 members (excludes halogenated alkanes) is 1. The second-order valence-electron chi connectivity index (χ2n) is 6.12. The smallest absolute Gasteiger partial charge is 0.330 e. The normalized spacial score (nSPS) is 12.0. The van der Waals surface area contributed by atoms with Gasteiger partial charge in [-0.25, -0.2) is 4.98 Å². The van der Waals surface area contributed by atoms with Gasteiger partial charge in [-0.3, -0.25) is 4.57 Å². The molecule has 0 bridgehead atoms. The third-order valence-corrected chi connectivity index (χ3v) is 6.16. The van der Waals surface area contributed by atoms with Crippen LogP contribution in [-0.2, 0) is 20.2 Å². The first-order valence-corrected chi connectivity index (χ1v) is 11.4. The lowest BCUT2D eigenvalue weighted by molar-refractivity contribution is 0.219. The Morgan fingerprint density at radius 2 is 1.93 bits per heavy atom. The van der Waals surface area contributed by atoms with Crippen LogP contribution in [0.1, 0.15) is 45.6 Å². The number of hydrogen-bond donors (Lipinski definition) is 2. The number of rotatable bonds is 14. The first-order valence-electron chi connectivity index (χ1n) is 9.66. The topological polar surface area (TPSA) is 98.4 Å². The van der Waals surface area contributed by atoms with E-state index in [9.17, 15) is 4.57 Å². The van der Waals surface area contributed by atoms with Crippen molar-refractivity contribution in [2.45, 2.75) is 46.6 Å². The minimum atomic E-state index is -2.96. The molecular weight excluding hydrogens is 367 g/mol. The summed E-state index contributed by atoms with van der Waals surface area (Å²) in [6.45, 7) is 8.56. The third-order valence-electron chi connectivity index (χ3n) is 4.00. The molecule has 27 heavy (non-hydrogen) atoms. The van der Waals surface area contributed by atoms with Crippen LogP contribution in [0.25, 0.3) is 11.0 Å². The first-order chi connectivity index (χ1) is 13.1. The van der Waals surface area contributed by atoms with Gasteiger partial charge in [-0.05, 0) is 33.2 Å². The van der Waals surface area contributed by atoms with Crippen molar-refractivity contribution >= 4 is 18.6 Å². The minimum absolute atomic E-state index is 0.391. The van der Waals surface area contributed by atoms with E-state index in [-0.39, 0.29) is 0 Å². The van der Waals surface area contributed by atoms with Crippen molar-refractivity contribution in [3.05, 3.63) is 18.1 Å². The summed E-state index contributed by atoms with van der Waals surface area (Å²) in [6.07, 6.45) is 6.64. The molecule has 0 aliphatic carbocycles. The third kappa shape index (κ3) is 6.57. The number of hydrogen-bond acceptors (Lipinski definition) is 7. The van der Waals surface area contributed by atoms with Crippen molar-refractivity contribution < 1.29 is 18.3 Å².